The summed E-state index contributed by atoms with van der Waals surface area (Å²) < 4.78 is 6.17. The lowest BCUT2D eigenvalue weighted by molar-refractivity contribution is 0.669. The van der Waals surface area contributed by atoms with Crippen LogP contribution in [-0.2, 0) is 0 Å². The van der Waals surface area contributed by atoms with E-state index in [9.17, 15) is 0 Å². The van der Waals surface area contributed by atoms with Crippen molar-refractivity contribution in [3.63, 3.8) is 0 Å². The summed E-state index contributed by atoms with van der Waals surface area (Å²) in [6.07, 6.45) is 0. The summed E-state index contributed by atoms with van der Waals surface area (Å²) in [4.78, 5) is 15.1. The molecule has 0 radical (unpaired) electrons. The zero-order chi connectivity index (χ0) is 36.6. The lowest BCUT2D eigenvalue weighted by atomic mass is 9.95. The van der Waals surface area contributed by atoms with E-state index in [1.165, 1.54) is 16.7 Å². The van der Waals surface area contributed by atoms with Crippen LogP contribution in [0.3, 0.4) is 0 Å². The Balaban J connectivity index is 1.02. The number of aromatic nitrogens is 3. The maximum Gasteiger partial charge on any atom is 0.164 e. The molecule has 4 heteroatoms. The van der Waals surface area contributed by atoms with Crippen LogP contribution in [0.15, 0.2) is 205 Å². The van der Waals surface area contributed by atoms with Crippen molar-refractivity contribution in [2.24, 2.45) is 0 Å². The van der Waals surface area contributed by atoms with Gasteiger partial charge >= 0.3 is 0 Å². The summed E-state index contributed by atoms with van der Waals surface area (Å²) in [6, 6.07) is 69.4. The van der Waals surface area contributed by atoms with Gasteiger partial charge in [-0.05, 0) is 74.8 Å². The second-order valence-corrected chi connectivity index (χ2v) is 13.6. The highest BCUT2D eigenvalue weighted by molar-refractivity contribution is 6.12. The zero-order valence-corrected chi connectivity index (χ0v) is 29.8. The quantitative estimate of drug-likeness (QED) is 0.166. The maximum absolute atomic E-state index is 6.17. The van der Waals surface area contributed by atoms with E-state index in [0.717, 1.165) is 66.4 Å². The van der Waals surface area contributed by atoms with Gasteiger partial charge in [0.25, 0.3) is 0 Å². The number of rotatable bonds is 7. The molecule has 0 spiro atoms. The SMILES string of the molecule is c1ccc(-c2cccc(-c3cccc(-c4cccc(-c5nc(-c6ccccc6)nc(-c6ccc(-c7cccc8oc9ccccc9c78)cc6)n5)c4)c3)c2)cc1. The first-order valence-corrected chi connectivity index (χ1v) is 18.4. The monoisotopic (exact) mass is 703 g/mol. The number of fused-ring (bicyclic) bond motifs is 3. The van der Waals surface area contributed by atoms with Gasteiger partial charge in [-0.2, -0.15) is 0 Å². The normalized spacial score (nSPS) is 11.3. The number of furan rings is 1. The van der Waals surface area contributed by atoms with Gasteiger partial charge in [0.2, 0.25) is 0 Å². The Labute approximate surface area is 319 Å². The summed E-state index contributed by atoms with van der Waals surface area (Å²) in [5, 5.41) is 2.23. The molecule has 0 amide bonds. The fourth-order valence-corrected chi connectivity index (χ4v) is 7.39. The van der Waals surface area contributed by atoms with Crippen molar-refractivity contribution in [1.82, 2.24) is 15.0 Å². The number of hydrogen-bond acceptors (Lipinski definition) is 4. The van der Waals surface area contributed by atoms with Crippen LogP contribution >= 0.6 is 0 Å². The van der Waals surface area contributed by atoms with Crippen molar-refractivity contribution < 1.29 is 4.42 Å². The van der Waals surface area contributed by atoms with Crippen molar-refractivity contribution in [3.05, 3.63) is 200 Å². The Morgan fingerprint density at radius 1 is 0.273 bits per heavy atom. The highest BCUT2D eigenvalue weighted by Gasteiger charge is 2.16. The summed E-state index contributed by atoms with van der Waals surface area (Å²) in [5.74, 6) is 1.87. The first kappa shape index (κ1) is 32.2. The van der Waals surface area contributed by atoms with E-state index >= 15 is 0 Å². The van der Waals surface area contributed by atoms with E-state index < -0.39 is 0 Å². The van der Waals surface area contributed by atoms with E-state index in [1.807, 2.05) is 54.6 Å². The van der Waals surface area contributed by atoms with E-state index in [4.69, 9.17) is 19.4 Å². The largest absolute Gasteiger partial charge is 0.456 e. The minimum atomic E-state index is 0.619. The van der Waals surface area contributed by atoms with Crippen LogP contribution in [0.4, 0.5) is 0 Å². The average Bonchev–Trinajstić information content (AvgIpc) is 3.66. The molecular formula is C51H33N3O. The van der Waals surface area contributed by atoms with Crippen molar-refractivity contribution in [3.8, 4) is 78.7 Å². The van der Waals surface area contributed by atoms with E-state index in [1.54, 1.807) is 0 Å². The minimum Gasteiger partial charge on any atom is -0.456 e. The molecule has 0 atom stereocenters. The van der Waals surface area contributed by atoms with Gasteiger partial charge in [0.05, 0.1) is 0 Å². The standard InChI is InChI=1S/C51H33N3O/c1-3-13-34(14-4-1)38-17-9-18-39(31-38)40-19-10-20-41(32-40)42-21-11-22-43(33-42)51-53-49(36-15-5-2-6-16-36)52-50(54-51)37-29-27-35(28-30-37)44-24-12-26-47-48(44)45-23-7-8-25-46(45)55-47/h1-33H. The van der Waals surface area contributed by atoms with Gasteiger partial charge in [-0.3, -0.25) is 0 Å². The molecule has 0 N–H and O–H groups in total. The van der Waals surface area contributed by atoms with Crippen molar-refractivity contribution >= 4 is 21.9 Å². The van der Waals surface area contributed by atoms with Crippen LogP contribution in [0.2, 0.25) is 0 Å². The van der Waals surface area contributed by atoms with Gasteiger partial charge in [0.15, 0.2) is 17.5 Å². The molecule has 0 saturated heterocycles. The molecule has 10 aromatic rings. The molecule has 8 aromatic carbocycles. The Bertz CT molecular complexity index is 2970. The Morgan fingerprint density at radius 3 is 1.29 bits per heavy atom. The number of benzene rings is 8. The lowest BCUT2D eigenvalue weighted by Gasteiger charge is -2.11. The second-order valence-electron chi connectivity index (χ2n) is 13.6. The average molecular weight is 704 g/mol. The van der Waals surface area contributed by atoms with E-state index in [2.05, 4.69) is 146 Å². The topological polar surface area (TPSA) is 51.8 Å². The predicted octanol–water partition coefficient (Wildman–Crippen LogP) is 13.4. The van der Waals surface area contributed by atoms with Gasteiger partial charge < -0.3 is 4.42 Å². The van der Waals surface area contributed by atoms with E-state index in [0.29, 0.717) is 17.5 Å². The minimum absolute atomic E-state index is 0.619. The fraction of sp³-hybridized carbons (Fsp3) is 0. The number of hydrogen-bond donors (Lipinski definition) is 0. The van der Waals surface area contributed by atoms with E-state index in [-0.39, 0.29) is 0 Å². The molecule has 0 saturated carbocycles. The molecule has 0 aliphatic carbocycles. The first-order chi connectivity index (χ1) is 27.2. The molecule has 0 aliphatic rings. The van der Waals surface area contributed by atoms with Gasteiger partial charge in [-0.15, -0.1) is 0 Å². The fourth-order valence-electron chi connectivity index (χ4n) is 7.39. The molecule has 0 unspecified atom stereocenters. The molecule has 0 bridgehead atoms. The molecule has 2 aromatic heterocycles. The Morgan fingerprint density at radius 2 is 0.673 bits per heavy atom. The third kappa shape index (κ3) is 6.26. The van der Waals surface area contributed by atoms with Crippen LogP contribution in [-0.4, -0.2) is 15.0 Å². The summed E-state index contributed by atoms with van der Waals surface area (Å²) in [5.41, 5.74) is 13.7. The van der Waals surface area contributed by atoms with Crippen LogP contribution in [0.5, 0.6) is 0 Å². The third-order valence-electron chi connectivity index (χ3n) is 10.1. The molecule has 4 nitrogen and oxygen atoms in total. The molecule has 10 rings (SSSR count). The lowest BCUT2D eigenvalue weighted by Crippen LogP contribution is -2.00. The van der Waals surface area contributed by atoms with Crippen LogP contribution in [0.25, 0.3) is 101 Å². The molecule has 0 fully saturated rings. The molecule has 2 heterocycles. The smallest absolute Gasteiger partial charge is 0.164 e. The molecule has 55 heavy (non-hydrogen) atoms. The Kier molecular flexibility index (Phi) is 8.12. The van der Waals surface area contributed by atoms with Crippen molar-refractivity contribution in [2.75, 3.05) is 0 Å². The predicted molar refractivity (Wildman–Crippen MR) is 225 cm³/mol. The van der Waals surface area contributed by atoms with Crippen molar-refractivity contribution in [1.29, 1.82) is 0 Å². The molecule has 258 valence electrons. The first-order valence-electron chi connectivity index (χ1n) is 18.4. The third-order valence-corrected chi connectivity index (χ3v) is 10.1. The highest BCUT2D eigenvalue weighted by Crippen LogP contribution is 2.37. The van der Waals surface area contributed by atoms with Crippen molar-refractivity contribution in [2.45, 2.75) is 0 Å². The molecule has 0 aliphatic heterocycles. The van der Waals surface area contributed by atoms with Gasteiger partial charge in [0.1, 0.15) is 11.2 Å². The number of para-hydroxylation sites is 1. The van der Waals surface area contributed by atoms with Crippen LogP contribution in [0.1, 0.15) is 0 Å². The van der Waals surface area contributed by atoms with Crippen LogP contribution < -0.4 is 0 Å². The van der Waals surface area contributed by atoms with Gasteiger partial charge in [-0.1, -0.05) is 170 Å². The van der Waals surface area contributed by atoms with Gasteiger partial charge in [-0.25, -0.2) is 15.0 Å². The van der Waals surface area contributed by atoms with Crippen LogP contribution in [0, 0.1) is 0 Å². The zero-order valence-electron chi connectivity index (χ0n) is 29.8. The Hall–Kier alpha value is -7.43. The summed E-state index contributed by atoms with van der Waals surface area (Å²) >= 11 is 0. The second kappa shape index (κ2) is 13.8. The molecular weight excluding hydrogens is 671 g/mol. The maximum atomic E-state index is 6.17. The summed E-state index contributed by atoms with van der Waals surface area (Å²) in [6.45, 7) is 0. The highest BCUT2D eigenvalue weighted by atomic mass is 16.3. The summed E-state index contributed by atoms with van der Waals surface area (Å²) in [7, 11) is 0. The van der Waals surface area contributed by atoms with Gasteiger partial charge in [0, 0.05) is 27.5 Å². The number of nitrogens with zero attached hydrogens (tertiary/aromatic N) is 3.